The molecule has 5 nitrogen and oxygen atoms in total. The highest BCUT2D eigenvalue weighted by atomic mass is 19.4. The Hall–Kier alpha value is -3.29. The summed E-state index contributed by atoms with van der Waals surface area (Å²) in [4.78, 5) is 9.34. The molecule has 0 unspecified atom stereocenters. The van der Waals surface area contributed by atoms with Crippen LogP contribution < -0.4 is 10.5 Å². The van der Waals surface area contributed by atoms with E-state index in [1.807, 2.05) is 12.1 Å². The van der Waals surface area contributed by atoms with Gasteiger partial charge in [0.05, 0.1) is 16.6 Å². The highest BCUT2D eigenvalue weighted by Crippen LogP contribution is 2.32. The first-order chi connectivity index (χ1) is 15.7. The van der Waals surface area contributed by atoms with Gasteiger partial charge in [-0.15, -0.1) is 0 Å². The first-order valence-electron chi connectivity index (χ1n) is 11.0. The summed E-state index contributed by atoms with van der Waals surface area (Å²) in [5, 5.41) is 0.941. The maximum atomic E-state index is 12.8. The Kier molecular flexibility index (Phi) is 6.19. The molecule has 8 heteroatoms. The summed E-state index contributed by atoms with van der Waals surface area (Å²) in [5.74, 6) is 2.38. The minimum absolute atomic E-state index is 0.146. The zero-order valence-electron chi connectivity index (χ0n) is 18.9. The molecule has 2 aromatic heterocycles. The van der Waals surface area contributed by atoms with Crippen LogP contribution in [0.15, 0.2) is 42.5 Å². The summed E-state index contributed by atoms with van der Waals surface area (Å²) in [6.07, 6.45) is -2.51. The van der Waals surface area contributed by atoms with Crippen LogP contribution in [0.3, 0.4) is 0 Å². The molecule has 4 rings (SSSR count). The van der Waals surface area contributed by atoms with Crippen molar-refractivity contribution in [3.8, 4) is 5.75 Å². The van der Waals surface area contributed by atoms with E-state index < -0.39 is 11.7 Å². The number of aryl methyl sites for hydroxylation is 1. The molecule has 0 aliphatic carbocycles. The Morgan fingerprint density at radius 2 is 1.79 bits per heavy atom. The molecule has 2 heterocycles. The second-order valence-corrected chi connectivity index (χ2v) is 8.64. The van der Waals surface area contributed by atoms with Crippen LogP contribution in [0.1, 0.15) is 44.1 Å². The predicted octanol–water partition coefficient (Wildman–Crippen LogP) is 6.37. The van der Waals surface area contributed by atoms with Gasteiger partial charge in [0.25, 0.3) is 0 Å². The van der Waals surface area contributed by atoms with Crippen LogP contribution in [-0.2, 0) is 25.7 Å². The van der Waals surface area contributed by atoms with E-state index in [2.05, 4.69) is 30.3 Å². The van der Waals surface area contributed by atoms with E-state index in [9.17, 15) is 13.2 Å². The van der Waals surface area contributed by atoms with Crippen molar-refractivity contribution < 1.29 is 17.9 Å². The summed E-state index contributed by atoms with van der Waals surface area (Å²) in [7, 11) is 0. The zero-order chi connectivity index (χ0) is 23.8. The first-order valence-corrected chi connectivity index (χ1v) is 11.0. The number of pyridine rings is 1. The van der Waals surface area contributed by atoms with Gasteiger partial charge in [-0.05, 0) is 42.2 Å². The number of nitrogens with two attached hydrogens (primary N) is 1. The number of rotatable bonds is 7. The molecule has 2 aromatic carbocycles. The summed E-state index contributed by atoms with van der Waals surface area (Å²) in [6.45, 7) is 7.44. The number of nitrogen functional groups attached to an aromatic ring is 1. The van der Waals surface area contributed by atoms with Gasteiger partial charge in [0.2, 0.25) is 0 Å². The van der Waals surface area contributed by atoms with Crippen LogP contribution in [0.5, 0.6) is 5.75 Å². The molecular weight excluding hydrogens is 429 g/mol. The number of benzene rings is 2. The van der Waals surface area contributed by atoms with Gasteiger partial charge in [0.15, 0.2) is 5.82 Å². The second-order valence-electron chi connectivity index (χ2n) is 8.64. The van der Waals surface area contributed by atoms with E-state index >= 15 is 0 Å². The molecule has 0 bridgehead atoms. The Balaban J connectivity index is 1.67. The normalized spacial score (nSPS) is 12.2. The lowest BCUT2D eigenvalue weighted by Gasteiger charge is -2.13. The Bertz CT molecular complexity index is 1280. The van der Waals surface area contributed by atoms with E-state index in [1.165, 1.54) is 12.1 Å². The number of ether oxygens (including phenoxy) is 1. The van der Waals surface area contributed by atoms with Gasteiger partial charge in [0.1, 0.15) is 23.7 Å². The standard InChI is InChI=1S/C25H27F3N4O/c1-4-5-21-31-22-23(32(21)13-15(2)3)19-11-10-18(12-20(19)30-24(22)29)33-14-16-6-8-17(9-7-16)25(26,27)28/h6-12,15H,4-5,13-14H2,1-3H3,(H2,29,30). The van der Waals surface area contributed by atoms with Crippen LogP contribution in [0, 0.1) is 5.92 Å². The molecule has 0 fully saturated rings. The Morgan fingerprint density at radius 1 is 1.06 bits per heavy atom. The van der Waals surface area contributed by atoms with Crippen molar-refractivity contribution in [3.63, 3.8) is 0 Å². The highest BCUT2D eigenvalue weighted by molar-refractivity contribution is 6.06. The van der Waals surface area contributed by atoms with Crippen LogP contribution in [-0.4, -0.2) is 14.5 Å². The van der Waals surface area contributed by atoms with Crippen molar-refractivity contribution in [1.82, 2.24) is 14.5 Å². The van der Waals surface area contributed by atoms with Crippen molar-refractivity contribution in [2.75, 3.05) is 5.73 Å². The summed E-state index contributed by atoms with van der Waals surface area (Å²) in [5.41, 5.74) is 8.62. The SMILES string of the molecule is CCCc1nc2c(N)nc3cc(OCc4ccc(C(F)(F)F)cc4)ccc3c2n1CC(C)C. The van der Waals surface area contributed by atoms with Crippen LogP contribution in [0.4, 0.5) is 19.0 Å². The molecule has 0 radical (unpaired) electrons. The van der Waals surface area contributed by atoms with E-state index in [0.717, 1.165) is 48.2 Å². The molecule has 0 saturated heterocycles. The fourth-order valence-corrected chi connectivity index (χ4v) is 3.96. The smallest absolute Gasteiger partial charge is 0.416 e. The van der Waals surface area contributed by atoms with Crippen molar-refractivity contribution in [2.24, 2.45) is 5.92 Å². The number of nitrogens with zero attached hydrogens (tertiary/aromatic N) is 3. The maximum Gasteiger partial charge on any atom is 0.416 e. The third-order valence-electron chi connectivity index (χ3n) is 5.46. The molecule has 0 saturated carbocycles. The van der Waals surface area contributed by atoms with E-state index in [0.29, 0.717) is 34.1 Å². The monoisotopic (exact) mass is 456 g/mol. The molecule has 0 aliphatic heterocycles. The summed E-state index contributed by atoms with van der Waals surface area (Å²) < 4.78 is 46.3. The zero-order valence-corrected chi connectivity index (χ0v) is 18.9. The van der Waals surface area contributed by atoms with Gasteiger partial charge in [-0.2, -0.15) is 13.2 Å². The van der Waals surface area contributed by atoms with Gasteiger partial charge in [-0.1, -0.05) is 32.9 Å². The molecule has 0 atom stereocenters. The van der Waals surface area contributed by atoms with Gasteiger partial charge in [-0.25, -0.2) is 9.97 Å². The van der Waals surface area contributed by atoms with Crippen LogP contribution in [0.25, 0.3) is 21.9 Å². The lowest BCUT2D eigenvalue weighted by Crippen LogP contribution is -2.09. The lowest BCUT2D eigenvalue weighted by atomic mass is 10.1. The molecule has 0 amide bonds. The fraction of sp³-hybridized carbons (Fsp3) is 0.360. The number of fused-ring (bicyclic) bond motifs is 3. The molecule has 0 aliphatic rings. The number of alkyl halides is 3. The van der Waals surface area contributed by atoms with Crippen molar-refractivity contribution in [3.05, 3.63) is 59.4 Å². The molecule has 2 N–H and O–H groups in total. The number of imidazole rings is 1. The summed E-state index contributed by atoms with van der Waals surface area (Å²) in [6, 6.07) is 10.5. The molecular formula is C25H27F3N4O. The number of anilines is 1. The Labute approximate surface area is 190 Å². The highest BCUT2D eigenvalue weighted by Gasteiger charge is 2.29. The number of hydrogen-bond donors (Lipinski definition) is 1. The third-order valence-corrected chi connectivity index (χ3v) is 5.46. The van der Waals surface area contributed by atoms with Gasteiger partial charge in [0, 0.05) is 24.4 Å². The molecule has 174 valence electrons. The topological polar surface area (TPSA) is 66.0 Å². The minimum Gasteiger partial charge on any atom is -0.489 e. The molecule has 4 aromatic rings. The average molecular weight is 457 g/mol. The second kappa shape index (κ2) is 8.92. The average Bonchev–Trinajstić information content (AvgIpc) is 3.10. The van der Waals surface area contributed by atoms with Gasteiger partial charge < -0.3 is 15.0 Å². The van der Waals surface area contributed by atoms with Crippen LogP contribution >= 0.6 is 0 Å². The van der Waals surface area contributed by atoms with E-state index in [-0.39, 0.29) is 6.61 Å². The van der Waals surface area contributed by atoms with Crippen LogP contribution in [0.2, 0.25) is 0 Å². The van der Waals surface area contributed by atoms with E-state index in [1.54, 1.807) is 6.07 Å². The largest absolute Gasteiger partial charge is 0.489 e. The third kappa shape index (κ3) is 4.74. The quantitative estimate of drug-likeness (QED) is 0.351. The predicted molar refractivity (Wildman–Crippen MR) is 124 cm³/mol. The molecule has 33 heavy (non-hydrogen) atoms. The Morgan fingerprint density at radius 3 is 2.42 bits per heavy atom. The van der Waals surface area contributed by atoms with Crippen molar-refractivity contribution in [1.29, 1.82) is 0 Å². The maximum absolute atomic E-state index is 12.8. The van der Waals surface area contributed by atoms with Gasteiger partial charge >= 0.3 is 6.18 Å². The fourth-order valence-electron chi connectivity index (χ4n) is 3.96. The van der Waals surface area contributed by atoms with Gasteiger partial charge in [-0.3, -0.25) is 0 Å². The van der Waals surface area contributed by atoms with Crippen molar-refractivity contribution in [2.45, 2.75) is 52.9 Å². The minimum atomic E-state index is -4.35. The lowest BCUT2D eigenvalue weighted by molar-refractivity contribution is -0.137. The number of hydrogen-bond acceptors (Lipinski definition) is 4. The molecule has 0 spiro atoms. The van der Waals surface area contributed by atoms with E-state index in [4.69, 9.17) is 15.5 Å². The van der Waals surface area contributed by atoms with Crippen molar-refractivity contribution >= 4 is 27.8 Å². The first kappa shape index (κ1) is 22.9. The number of halogens is 3. The number of aromatic nitrogens is 3. The summed E-state index contributed by atoms with van der Waals surface area (Å²) >= 11 is 0.